The van der Waals surface area contributed by atoms with Gasteiger partial charge in [-0.1, -0.05) is 11.3 Å². The number of fused-ring (bicyclic) bond motifs is 1. The summed E-state index contributed by atoms with van der Waals surface area (Å²) in [5.74, 6) is -1.05. The predicted octanol–water partition coefficient (Wildman–Crippen LogP) is 1.52. The minimum absolute atomic E-state index is 0.344. The van der Waals surface area contributed by atoms with Crippen molar-refractivity contribution in [3.05, 3.63) is 35.1 Å². The Kier molecular flexibility index (Phi) is 3.79. The lowest BCUT2D eigenvalue weighted by Crippen LogP contribution is -2.20. The smallest absolute Gasteiger partial charge is 0.338 e. The molecule has 22 heavy (non-hydrogen) atoms. The molecule has 0 spiro atoms. The Morgan fingerprint density at radius 3 is 3.00 bits per heavy atom. The van der Waals surface area contributed by atoms with Crippen LogP contribution in [-0.2, 0) is 9.53 Å². The molecular weight excluding hydrogens is 306 g/mol. The molecule has 2 aromatic heterocycles. The number of benzene rings is 1. The van der Waals surface area contributed by atoms with Crippen molar-refractivity contribution < 1.29 is 14.3 Å². The summed E-state index contributed by atoms with van der Waals surface area (Å²) in [6, 6.07) is 4.92. The number of H-pyrrole nitrogens is 1. The first-order valence-electron chi connectivity index (χ1n) is 6.32. The molecule has 0 saturated carbocycles. The number of nitrogens with zero attached hydrogens (tertiary/aromatic N) is 3. The maximum absolute atomic E-state index is 11.9. The second kappa shape index (κ2) is 5.90. The molecule has 2 heterocycles. The molecule has 2 N–H and O–H groups in total. The van der Waals surface area contributed by atoms with Gasteiger partial charge in [-0.3, -0.25) is 10.1 Å². The van der Waals surface area contributed by atoms with Crippen LogP contribution in [0, 0.1) is 6.92 Å². The molecule has 1 amide bonds. The highest BCUT2D eigenvalue weighted by molar-refractivity contribution is 7.15. The third-order valence-electron chi connectivity index (χ3n) is 2.76. The van der Waals surface area contributed by atoms with E-state index in [-0.39, 0.29) is 0 Å². The van der Waals surface area contributed by atoms with Crippen LogP contribution in [0.1, 0.15) is 15.4 Å². The quantitative estimate of drug-likeness (QED) is 0.706. The third kappa shape index (κ3) is 3.09. The molecular formula is C13H11N5O3S. The van der Waals surface area contributed by atoms with Crippen LogP contribution in [0.3, 0.4) is 0 Å². The molecule has 0 aliphatic carbocycles. The van der Waals surface area contributed by atoms with Gasteiger partial charge in [-0.25, -0.2) is 9.78 Å². The Morgan fingerprint density at radius 2 is 2.23 bits per heavy atom. The summed E-state index contributed by atoms with van der Waals surface area (Å²) in [6.45, 7) is 1.39. The molecule has 9 heteroatoms. The van der Waals surface area contributed by atoms with Gasteiger partial charge < -0.3 is 9.72 Å². The average Bonchev–Trinajstić information content (AvgIpc) is 3.12. The SMILES string of the molecule is Cc1nnc(NC(=O)COC(=O)c2ccc3nc[nH]c3c2)s1. The Hall–Kier alpha value is -2.81. The fourth-order valence-electron chi connectivity index (χ4n) is 1.78. The number of aromatic nitrogens is 4. The van der Waals surface area contributed by atoms with Crippen molar-refractivity contribution in [2.24, 2.45) is 0 Å². The van der Waals surface area contributed by atoms with Crippen molar-refractivity contribution in [3.63, 3.8) is 0 Å². The number of imidazole rings is 1. The van der Waals surface area contributed by atoms with Crippen molar-refractivity contribution >= 4 is 39.4 Å². The standard InChI is InChI=1S/C13H11N5O3S/c1-7-17-18-13(22-7)16-11(19)5-21-12(20)8-2-3-9-10(4-8)15-6-14-9/h2-4,6H,5H2,1H3,(H,14,15)(H,16,18,19). The Morgan fingerprint density at radius 1 is 1.36 bits per heavy atom. The summed E-state index contributed by atoms with van der Waals surface area (Å²) < 4.78 is 4.97. The van der Waals surface area contributed by atoms with Crippen LogP contribution in [0.25, 0.3) is 11.0 Å². The number of amides is 1. The first-order valence-corrected chi connectivity index (χ1v) is 7.14. The lowest BCUT2D eigenvalue weighted by Gasteiger charge is -2.04. The summed E-state index contributed by atoms with van der Waals surface area (Å²) >= 11 is 1.24. The molecule has 0 fully saturated rings. The summed E-state index contributed by atoms with van der Waals surface area (Å²) in [5.41, 5.74) is 1.82. The van der Waals surface area contributed by atoms with Gasteiger partial charge in [0.2, 0.25) is 5.13 Å². The van der Waals surface area contributed by atoms with E-state index >= 15 is 0 Å². The fraction of sp³-hybridized carbons (Fsp3) is 0.154. The minimum atomic E-state index is -0.583. The van der Waals surface area contributed by atoms with E-state index in [4.69, 9.17) is 4.74 Å². The van der Waals surface area contributed by atoms with E-state index in [1.165, 1.54) is 17.7 Å². The third-order valence-corrected chi connectivity index (χ3v) is 3.52. The Balaban J connectivity index is 1.58. The highest BCUT2D eigenvalue weighted by Gasteiger charge is 2.12. The molecule has 0 radical (unpaired) electrons. The number of aryl methyl sites for hydroxylation is 1. The largest absolute Gasteiger partial charge is 0.452 e. The summed E-state index contributed by atoms with van der Waals surface area (Å²) in [4.78, 5) is 30.5. The van der Waals surface area contributed by atoms with E-state index in [9.17, 15) is 9.59 Å². The zero-order valence-corrected chi connectivity index (χ0v) is 12.3. The molecule has 3 aromatic rings. The van der Waals surface area contributed by atoms with Gasteiger partial charge in [0.15, 0.2) is 6.61 Å². The minimum Gasteiger partial charge on any atom is -0.452 e. The van der Waals surface area contributed by atoms with Crippen LogP contribution in [0.2, 0.25) is 0 Å². The van der Waals surface area contributed by atoms with Gasteiger partial charge in [0.1, 0.15) is 5.01 Å². The van der Waals surface area contributed by atoms with Crippen LogP contribution in [0.4, 0.5) is 5.13 Å². The monoisotopic (exact) mass is 317 g/mol. The van der Waals surface area contributed by atoms with Crippen molar-refractivity contribution in [2.75, 3.05) is 11.9 Å². The first kappa shape index (κ1) is 14.1. The number of aromatic amines is 1. The molecule has 0 aliphatic heterocycles. The van der Waals surface area contributed by atoms with Crippen LogP contribution in [0.15, 0.2) is 24.5 Å². The van der Waals surface area contributed by atoms with E-state index in [1.54, 1.807) is 25.1 Å². The van der Waals surface area contributed by atoms with Crippen molar-refractivity contribution in [1.29, 1.82) is 0 Å². The average molecular weight is 317 g/mol. The number of ether oxygens (including phenoxy) is 1. The molecule has 3 rings (SSSR count). The second-order valence-corrected chi connectivity index (χ2v) is 5.57. The zero-order chi connectivity index (χ0) is 15.5. The number of esters is 1. The van der Waals surface area contributed by atoms with Crippen molar-refractivity contribution in [2.45, 2.75) is 6.92 Å². The summed E-state index contributed by atoms with van der Waals surface area (Å²) in [7, 11) is 0. The lowest BCUT2D eigenvalue weighted by atomic mass is 10.2. The molecule has 8 nitrogen and oxygen atoms in total. The summed E-state index contributed by atoms with van der Waals surface area (Å²) in [6.07, 6.45) is 1.54. The van der Waals surface area contributed by atoms with Gasteiger partial charge in [0, 0.05) is 0 Å². The number of nitrogens with one attached hydrogen (secondary N) is 2. The topological polar surface area (TPSA) is 110 Å². The van der Waals surface area contributed by atoms with E-state index < -0.39 is 18.5 Å². The second-order valence-electron chi connectivity index (χ2n) is 4.39. The predicted molar refractivity (Wildman–Crippen MR) is 79.7 cm³/mol. The maximum Gasteiger partial charge on any atom is 0.338 e. The Bertz CT molecular complexity index is 841. The van der Waals surface area contributed by atoms with Crippen molar-refractivity contribution in [3.8, 4) is 0 Å². The van der Waals surface area contributed by atoms with Gasteiger partial charge in [0.25, 0.3) is 5.91 Å². The van der Waals surface area contributed by atoms with Crippen LogP contribution in [-0.4, -0.2) is 38.6 Å². The van der Waals surface area contributed by atoms with Crippen LogP contribution >= 0.6 is 11.3 Å². The highest BCUT2D eigenvalue weighted by atomic mass is 32.1. The number of rotatable bonds is 4. The number of hydrogen-bond donors (Lipinski definition) is 2. The number of carbonyl (C=O) groups is 2. The molecule has 0 atom stereocenters. The highest BCUT2D eigenvalue weighted by Crippen LogP contribution is 2.14. The van der Waals surface area contributed by atoms with Gasteiger partial charge in [-0.05, 0) is 25.1 Å². The molecule has 0 unspecified atom stereocenters. The number of hydrogen-bond acceptors (Lipinski definition) is 7. The molecule has 0 saturated heterocycles. The van der Waals surface area contributed by atoms with Crippen LogP contribution < -0.4 is 5.32 Å². The van der Waals surface area contributed by atoms with E-state index in [0.717, 1.165) is 16.0 Å². The summed E-state index contributed by atoms with van der Waals surface area (Å²) in [5, 5.41) is 11.1. The van der Waals surface area contributed by atoms with Crippen molar-refractivity contribution in [1.82, 2.24) is 20.2 Å². The van der Waals surface area contributed by atoms with Gasteiger partial charge in [0.05, 0.1) is 22.9 Å². The fourth-order valence-corrected chi connectivity index (χ4v) is 2.39. The van der Waals surface area contributed by atoms with Gasteiger partial charge in [-0.15, -0.1) is 10.2 Å². The normalized spacial score (nSPS) is 10.6. The molecule has 0 bridgehead atoms. The lowest BCUT2D eigenvalue weighted by molar-refractivity contribution is -0.119. The van der Waals surface area contributed by atoms with E-state index in [0.29, 0.717) is 10.7 Å². The number of carbonyl (C=O) groups excluding carboxylic acids is 2. The maximum atomic E-state index is 11.9. The van der Waals surface area contributed by atoms with Crippen LogP contribution in [0.5, 0.6) is 0 Å². The first-order chi connectivity index (χ1) is 10.6. The molecule has 0 aliphatic rings. The molecule has 1 aromatic carbocycles. The zero-order valence-electron chi connectivity index (χ0n) is 11.5. The molecule has 112 valence electrons. The van der Waals surface area contributed by atoms with Gasteiger partial charge in [-0.2, -0.15) is 0 Å². The van der Waals surface area contributed by atoms with E-state index in [1.807, 2.05) is 0 Å². The van der Waals surface area contributed by atoms with Gasteiger partial charge >= 0.3 is 5.97 Å². The van der Waals surface area contributed by atoms with E-state index in [2.05, 4.69) is 25.5 Å². The number of anilines is 1. The Labute approximate surface area is 128 Å².